The Labute approximate surface area is 191 Å². The number of piperidine rings is 1. The fraction of sp³-hybridized carbons (Fsp3) is 0.320. The van der Waals surface area contributed by atoms with Crippen LogP contribution >= 0.6 is 0 Å². The van der Waals surface area contributed by atoms with Crippen LogP contribution in [0, 0.1) is 0 Å². The molecule has 8 heteroatoms. The molecule has 1 fully saturated rings. The van der Waals surface area contributed by atoms with Crippen molar-refractivity contribution < 1.29 is 18.7 Å². The molecule has 0 radical (unpaired) electrons. The number of likely N-dealkylation sites (tertiary alicyclic amines) is 1. The highest BCUT2D eigenvalue weighted by atomic mass is 16.5. The lowest BCUT2D eigenvalue weighted by atomic mass is 9.97. The number of furan rings is 1. The van der Waals surface area contributed by atoms with Crippen LogP contribution in [-0.2, 0) is 11.2 Å². The Hall–Kier alpha value is -3.81. The lowest BCUT2D eigenvalue weighted by Gasteiger charge is -2.31. The third-order valence-electron chi connectivity index (χ3n) is 6.11. The molecule has 1 atom stereocenters. The fourth-order valence-electron chi connectivity index (χ4n) is 4.44. The number of benzene rings is 1. The molecule has 0 unspecified atom stereocenters. The number of para-hydroxylation sites is 1. The van der Waals surface area contributed by atoms with Gasteiger partial charge in [-0.2, -0.15) is 5.10 Å². The van der Waals surface area contributed by atoms with Gasteiger partial charge in [0.2, 0.25) is 5.91 Å². The second-order valence-electron chi connectivity index (χ2n) is 8.17. The summed E-state index contributed by atoms with van der Waals surface area (Å²) in [6, 6.07) is 13.4. The maximum Gasteiger partial charge on any atom is 0.230 e. The molecule has 8 nitrogen and oxygen atoms in total. The number of methoxy groups -OCH3 is 2. The van der Waals surface area contributed by atoms with Gasteiger partial charge in [0.15, 0.2) is 23.0 Å². The molecule has 0 spiro atoms. The predicted molar refractivity (Wildman–Crippen MR) is 122 cm³/mol. The van der Waals surface area contributed by atoms with Crippen molar-refractivity contribution in [1.82, 2.24) is 19.5 Å². The number of amides is 1. The second kappa shape index (κ2) is 8.97. The molecule has 1 aliphatic rings. The Balaban J connectivity index is 1.38. The highest BCUT2D eigenvalue weighted by molar-refractivity contribution is 5.78. The molecule has 5 rings (SSSR count). The van der Waals surface area contributed by atoms with Crippen LogP contribution in [0.4, 0.5) is 0 Å². The quantitative estimate of drug-likeness (QED) is 0.446. The van der Waals surface area contributed by atoms with Crippen LogP contribution in [0.25, 0.3) is 16.8 Å². The normalized spacial score (nSPS) is 16.2. The van der Waals surface area contributed by atoms with Crippen molar-refractivity contribution in [2.24, 2.45) is 0 Å². The monoisotopic (exact) mass is 446 g/mol. The SMILES string of the molecule is COc1cccc(-c2ccc3nc([C@@H]4CCCN(C(=O)Cc5ccco5)C4)nn3c2)c1OC. The minimum absolute atomic E-state index is 0.0748. The van der Waals surface area contributed by atoms with Gasteiger partial charge in [0, 0.05) is 36.3 Å². The summed E-state index contributed by atoms with van der Waals surface area (Å²) >= 11 is 0. The van der Waals surface area contributed by atoms with E-state index in [1.54, 1.807) is 31.1 Å². The van der Waals surface area contributed by atoms with Crippen molar-refractivity contribution in [3.8, 4) is 22.6 Å². The smallest absolute Gasteiger partial charge is 0.230 e. The maximum atomic E-state index is 12.7. The summed E-state index contributed by atoms with van der Waals surface area (Å²) in [4.78, 5) is 19.4. The molecule has 170 valence electrons. The number of carbonyl (C=O) groups is 1. The number of nitrogens with zero attached hydrogens (tertiary/aromatic N) is 4. The first-order chi connectivity index (χ1) is 16.2. The largest absolute Gasteiger partial charge is 0.493 e. The van der Waals surface area contributed by atoms with E-state index in [9.17, 15) is 4.79 Å². The van der Waals surface area contributed by atoms with Gasteiger partial charge in [0.1, 0.15) is 5.76 Å². The van der Waals surface area contributed by atoms with Gasteiger partial charge in [0.05, 0.1) is 26.9 Å². The minimum atomic E-state index is 0.0748. The lowest BCUT2D eigenvalue weighted by Crippen LogP contribution is -2.40. The molecule has 0 aliphatic carbocycles. The van der Waals surface area contributed by atoms with Gasteiger partial charge < -0.3 is 18.8 Å². The molecule has 0 saturated carbocycles. The van der Waals surface area contributed by atoms with Gasteiger partial charge in [-0.15, -0.1) is 0 Å². The Morgan fingerprint density at radius 2 is 2.06 bits per heavy atom. The minimum Gasteiger partial charge on any atom is -0.493 e. The Morgan fingerprint density at radius 1 is 1.15 bits per heavy atom. The first-order valence-electron chi connectivity index (χ1n) is 11.0. The molecule has 4 aromatic rings. The Kier molecular flexibility index (Phi) is 5.73. The molecule has 0 bridgehead atoms. The van der Waals surface area contributed by atoms with E-state index < -0.39 is 0 Å². The van der Waals surface area contributed by atoms with Crippen LogP contribution < -0.4 is 9.47 Å². The van der Waals surface area contributed by atoms with Gasteiger partial charge in [-0.3, -0.25) is 4.79 Å². The van der Waals surface area contributed by atoms with Crippen LogP contribution in [0.1, 0.15) is 30.3 Å². The zero-order valence-electron chi connectivity index (χ0n) is 18.7. The van der Waals surface area contributed by atoms with Crippen molar-refractivity contribution in [3.63, 3.8) is 0 Å². The summed E-state index contributed by atoms with van der Waals surface area (Å²) in [5.41, 5.74) is 2.64. The standard InChI is InChI=1S/C25H26N4O4/c1-31-21-9-3-8-20(24(21)32-2)17-10-11-22-26-25(27-29(22)16-17)18-6-4-12-28(15-18)23(30)14-19-7-5-13-33-19/h3,5,7-11,13,16,18H,4,6,12,14-15H2,1-2H3/t18-/m1/s1. The van der Waals surface area contributed by atoms with E-state index in [1.807, 2.05) is 47.5 Å². The number of aromatic nitrogens is 3. The van der Waals surface area contributed by atoms with Crippen LogP contribution in [0.2, 0.25) is 0 Å². The third-order valence-corrected chi connectivity index (χ3v) is 6.11. The number of hydrogen-bond acceptors (Lipinski definition) is 6. The number of rotatable bonds is 6. The first-order valence-corrected chi connectivity index (χ1v) is 11.0. The summed E-state index contributed by atoms with van der Waals surface area (Å²) < 4.78 is 18.2. The topological polar surface area (TPSA) is 82.1 Å². The van der Waals surface area contributed by atoms with E-state index >= 15 is 0 Å². The summed E-state index contributed by atoms with van der Waals surface area (Å²) in [5.74, 6) is 2.99. The molecule has 1 amide bonds. The number of carbonyl (C=O) groups excluding carboxylic acids is 1. The van der Waals surface area contributed by atoms with E-state index in [0.717, 1.165) is 42.0 Å². The molecule has 33 heavy (non-hydrogen) atoms. The van der Waals surface area contributed by atoms with Gasteiger partial charge in [0.25, 0.3) is 0 Å². The van der Waals surface area contributed by atoms with Crippen LogP contribution in [0.15, 0.2) is 59.3 Å². The zero-order chi connectivity index (χ0) is 22.8. The highest BCUT2D eigenvalue weighted by Gasteiger charge is 2.28. The number of fused-ring (bicyclic) bond motifs is 1. The van der Waals surface area contributed by atoms with Crippen molar-refractivity contribution in [1.29, 1.82) is 0 Å². The molecule has 4 heterocycles. The van der Waals surface area contributed by atoms with Crippen molar-refractivity contribution in [2.45, 2.75) is 25.2 Å². The Bertz CT molecular complexity index is 1260. The van der Waals surface area contributed by atoms with Gasteiger partial charge in [-0.1, -0.05) is 12.1 Å². The lowest BCUT2D eigenvalue weighted by molar-refractivity contribution is -0.132. The summed E-state index contributed by atoms with van der Waals surface area (Å²) in [5, 5.41) is 4.77. The van der Waals surface area contributed by atoms with E-state index in [0.29, 0.717) is 23.8 Å². The summed E-state index contributed by atoms with van der Waals surface area (Å²) in [7, 11) is 3.26. The average molecular weight is 447 g/mol. The predicted octanol–water partition coefficient (Wildman–Crippen LogP) is 3.96. The van der Waals surface area contributed by atoms with Gasteiger partial charge in [-0.05, 0) is 43.2 Å². The van der Waals surface area contributed by atoms with Crippen LogP contribution in [-0.4, -0.2) is 52.7 Å². The summed E-state index contributed by atoms with van der Waals surface area (Å²) in [6.45, 7) is 1.37. The van der Waals surface area contributed by atoms with Crippen molar-refractivity contribution in [2.75, 3.05) is 27.3 Å². The summed E-state index contributed by atoms with van der Waals surface area (Å²) in [6.07, 6.45) is 5.71. The maximum absolute atomic E-state index is 12.7. The number of hydrogen-bond donors (Lipinski definition) is 0. The molecule has 1 aromatic carbocycles. The van der Waals surface area contributed by atoms with Crippen LogP contribution in [0.5, 0.6) is 11.5 Å². The highest BCUT2D eigenvalue weighted by Crippen LogP contribution is 2.37. The average Bonchev–Trinajstić information content (AvgIpc) is 3.52. The molecule has 1 saturated heterocycles. The number of ether oxygens (including phenoxy) is 2. The van der Waals surface area contributed by atoms with Crippen molar-refractivity contribution in [3.05, 3.63) is 66.5 Å². The first kappa shape index (κ1) is 21.1. The zero-order valence-corrected chi connectivity index (χ0v) is 18.7. The van der Waals surface area contributed by atoms with E-state index in [4.69, 9.17) is 24.0 Å². The van der Waals surface area contributed by atoms with Gasteiger partial charge in [-0.25, -0.2) is 9.50 Å². The van der Waals surface area contributed by atoms with E-state index in [-0.39, 0.29) is 18.2 Å². The Morgan fingerprint density at radius 3 is 2.85 bits per heavy atom. The number of pyridine rings is 1. The van der Waals surface area contributed by atoms with E-state index in [1.165, 1.54) is 0 Å². The third kappa shape index (κ3) is 4.16. The fourth-order valence-corrected chi connectivity index (χ4v) is 4.44. The van der Waals surface area contributed by atoms with E-state index in [2.05, 4.69) is 0 Å². The molecular weight excluding hydrogens is 420 g/mol. The van der Waals surface area contributed by atoms with Gasteiger partial charge >= 0.3 is 0 Å². The van der Waals surface area contributed by atoms with Crippen molar-refractivity contribution >= 4 is 11.6 Å². The molecule has 1 aliphatic heterocycles. The second-order valence-corrected chi connectivity index (χ2v) is 8.17. The molecule has 0 N–H and O–H groups in total. The van der Waals surface area contributed by atoms with Crippen LogP contribution in [0.3, 0.4) is 0 Å². The molecule has 3 aromatic heterocycles. The molecular formula is C25H26N4O4.